The summed E-state index contributed by atoms with van der Waals surface area (Å²) in [5.74, 6) is 1.17. The molecule has 0 saturated heterocycles. The summed E-state index contributed by atoms with van der Waals surface area (Å²) in [5, 5.41) is 13.0. The van der Waals surface area contributed by atoms with Crippen molar-refractivity contribution < 1.29 is 9.84 Å². The van der Waals surface area contributed by atoms with E-state index in [4.69, 9.17) is 4.74 Å². The highest BCUT2D eigenvalue weighted by Crippen LogP contribution is 2.27. The molecule has 0 radical (unpaired) electrons. The zero-order chi connectivity index (χ0) is 15.1. The van der Waals surface area contributed by atoms with Gasteiger partial charge in [0.25, 0.3) is 0 Å². The lowest BCUT2D eigenvalue weighted by Crippen LogP contribution is -2.26. The van der Waals surface area contributed by atoms with Crippen molar-refractivity contribution in [2.45, 2.75) is 25.3 Å². The molecule has 2 unspecified atom stereocenters. The molecule has 21 heavy (non-hydrogen) atoms. The smallest absolute Gasteiger partial charge is 0.141 e. The molecule has 2 atom stereocenters. The van der Waals surface area contributed by atoms with Crippen molar-refractivity contribution in [3.05, 3.63) is 60.2 Å². The normalized spacial score (nSPS) is 13.5. The third kappa shape index (κ3) is 4.23. The third-order valence-corrected chi connectivity index (χ3v) is 3.69. The standard InChI is InChI=1S/C18H23NO2/c1-14(15-8-4-3-5-9-15)12-16(13-20)19-17-10-6-7-11-18(17)21-2/h3-11,14,16,19-20H,12-13H2,1-2H3. The number of rotatable bonds is 7. The molecule has 3 nitrogen and oxygen atoms in total. The summed E-state index contributed by atoms with van der Waals surface area (Å²) >= 11 is 0. The Morgan fingerprint density at radius 3 is 2.38 bits per heavy atom. The number of aliphatic hydroxyl groups is 1. The average Bonchev–Trinajstić information content (AvgIpc) is 2.55. The van der Waals surface area contributed by atoms with Gasteiger partial charge in [-0.1, -0.05) is 49.4 Å². The summed E-state index contributed by atoms with van der Waals surface area (Å²) < 4.78 is 5.34. The number of para-hydroxylation sites is 2. The summed E-state index contributed by atoms with van der Waals surface area (Å²) in [7, 11) is 1.65. The van der Waals surface area contributed by atoms with Crippen LogP contribution < -0.4 is 10.1 Å². The fourth-order valence-electron chi connectivity index (χ4n) is 2.51. The van der Waals surface area contributed by atoms with Gasteiger partial charge in [0, 0.05) is 6.04 Å². The second-order valence-electron chi connectivity index (χ2n) is 5.27. The van der Waals surface area contributed by atoms with E-state index in [1.807, 2.05) is 42.5 Å². The van der Waals surface area contributed by atoms with Crippen LogP contribution in [0, 0.1) is 0 Å². The van der Waals surface area contributed by atoms with Gasteiger partial charge in [-0.05, 0) is 30.0 Å². The van der Waals surface area contributed by atoms with E-state index in [2.05, 4.69) is 24.4 Å². The zero-order valence-corrected chi connectivity index (χ0v) is 12.6. The van der Waals surface area contributed by atoms with Crippen LogP contribution in [-0.2, 0) is 0 Å². The van der Waals surface area contributed by atoms with Crippen molar-refractivity contribution in [1.82, 2.24) is 0 Å². The van der Waals surface area contributed by atoms with E-state index >= 15 is 0 Å². The van der Waals surface area contributed by atoms with Gasteiger partial charge in [0.2, 0.25) is 0 Å². The van der Waals surface area contributed by atoms with Crippen LogP contribution in [0.4, 0.5) is 5.69 Å². The topological polar surface area (TPSA) is 41.5 Å². The average molecular weight is 285 g/mol. The van der Waals surface area contributed by atoms with E-state index in [-0.39, 0.29) is 12.6 Å². The van der Waals surface area contributed by atoms with Crippen LogP contribution in [0.1, 0.15) is 24.8 Å². The molecule has 0 saturated carbocycles. The maximum Gasteiger partial charge on any atom is 0.141 e. The van der Waals surface area contributed by atoms with Crippen LogP contribution in [0.2, 0.25) is 0 Å². The van der Waals surface area contributed by atoms with Gasteiger partial charge >= 0.3 is 0 Å². The minimum atomic E-state index is -0.00324. The summed E-state index contributed by atoms with van der Waals surface area (Å²) in [5.41, 5.74) is 2.21. The number of ether oxygens (including phenoxy) is 1. The van der Waals surface area contributed by atoms with Crippen molar-refractivity contribution in [1.29, 1.82) is 0 Å². The Morgan fingerprint density at radius 2 is 1.71 bits per heavy atom. The van der Waals surface area contributed by atoms with Gasteiger partial charge in [0.05, 0.1) is 19.4 Å². The lowest BCUT2D eigenvalue weighted by Gasteiger charge is -2.22. The molecular weight excluding hydrogens is 262 g/mol. The second-order valence-corrected chi connectivity index (χ2v) is 5.27. The first kappa shape index (κ1) is 15.4. The highest BCUT2D eigenvalue weighted by Gasteiger charge is 2.15. The largest absolute Gasteiger partial charge is 0.495 e. The van der Waals surface area contributed by atoms with Gasteiger partial charge in [-0.15, -0.1) is 0 Å². The lowest BCUT2D eigenvalue weighted by molar-refractivity contribution is 0.264. The van der Waals surface area contributed by atoms with Gasteiger partial charge in [-0.3, -0.25) is 0 Å². The van der Waals surface area contributed by atoms with E-state index < -0.39 is 0 Å². The molecule has 2 aromatic rings. The van der Waals surface area contributed by atoms with Crippen molar-refractivity contribution in [2.24, 2.45) is 0 Å². The van der Waals surface area contributed by atoms with Crippen molar-refractivity contribution in [3.8, 4) is 5.75 Å². The van der Waals surface area contributed by atoms with E-state index in [0.717, 1.165) is 17.9 Å². The molecule has 2 aromatic carbocycles. The molecule has 0 amide bonds. The van der Waals surface area contributed by atoms with Gasteiger partial charge in [0.15, 0.2) is 0 Å². The minimum absolute atomic E-state index is 0.00324. The van der Waals surface area contributed by atoms with Crippen LogP contribution in [0.25, 0.3) is 0 Å². The predicted octanol–water partition coefficient (Wildman–Crippen LogP) is 3.66. The van der Waals surface area contributed by atoms with Crippen molar-refractivity contribution in [3.63, 3.8) is 0 Å². The maximum absolute atomic E-state index is 9.64. The highest BCUT2D eigenvalue weighted by atomic mass is 16.5. The van der Waals surface area contributed by atoms with Gasteiger partial charge < -0.3 is 15.2 Å². The van der Waals surface area contributed by atoms with Crippen LogP contribution in [0.5, 0.6) is 5.75 Å². The molecule has 3 heteroatoms. The number of aliphatic hydroxyl groups excluding tert-OH is 1. The first-order valence-electron chi connectivity index (χ1n) is 7.30. The van der Waals surface area contributed by atoms with Crippen LogP contribution in [-0.4, -0.2) is 24.9 Å². The first-order chi connectivity index (χ1) is 10.2. The fraction of sp³-hybridized carbons (Fsp3) is 0.333. The van der Waals surface area contributed by atoms with E-state index in [9.17, 15) is 5.11 Å². The fourth-order valence-corrected chi connectivity index (χ4v) is 2.51. The number of benzene rings is 2. The Bertz CT molecular complexity index is 542. The Morgan fingerprint density at radius 1 is 1.05 bits per heavy atom. The molecule has 0 bridgehead atoms. The van der Waals surface area contributed by atoms with Crippen LogP contribution in [0.3, 0.4) is 0 Å². The molecule has 2 rings (SSSR count). The molecule has 0 aliphatic rings. The van der Waals surface area contributed by atoms with Gasteiger partial charge in [-0.2, -0.15) is 0 Å². The molecular formula is C18H23NO2. The monoisotopic (exact) mass is 285 g/mol. The SMILES string of the molecule is COc1ccccc1NC(CO)CC(C)c1ccccc1. The zero-order valence-electron chi connectivity index (χ0n) is 12.6. The minimum Gasteiger partial charge on any atom is -0.495 e. The molecule has 112 valence electrons. The summed E-state index contributed by atoms with van der Waals surface area (Å²) in [4.78, 5) is 0. The lowest BCUT2D eigenvalue weighted by atomic mass is 9.94. The number of anilines is 1. The first-order valence-corrected chi connectivity index (χ1v) is 7.30. The highest BCUT2D eigenvalue weighted by molar-refractivity contribution is 5.56. The van der Waals surface area contributed by atoms with Crippen LogP contribution in [0.15, 0.2) is 54.6 Å². The van der Waals surface area contributed by atoms with Crippen molar-refractivity contribution >= 4 is 5.69 Å². The number of hydrogen-bond donors (Lipinski definition) is 2. The molecule has 0 fully saturated rings. The van der Waals surface area contributed by atoms with Gasteiger partial charge in [0.1, 0.15) is 5.75 Å². The quantitative estimate of drug-likeness (QED) is 0.815. The molecule has 0 heterocycles. The van der Waals surface area contributed by atoms with Crippen molar-refractivity contribution in [2.75, 3.05) is 19.0 Å². The van der Waals surface area contributed by atoms with E-state index in [0.29, 0.717) is 5.92 Å². The Balaban J connectivity index is 2.03. The number of methoxy groups -OCH3 is 1. The molecule has 2 N–H and O–H groups in total. The van der Waals surface area contributed by atoms with E-state index in [1.54, 1.807) is 7.11 Å². The van der Waals surface area contributed by atoms with Gasteiger partial charge in [-0.25, -0.2) is 0 Å². The predicted molar refractivity (Wildman–Crippen MR) is 87.0 cm³/mol. The molecule has 0 aromatic heterocycles. The molecule has 0 spiro atoms. The number of hydrogen-bond acceptors (Lipinski definition) is 3. The Kier molecular flexibility index (Phi) is 5.64. The van der Waals surface area contributed by atoms with Crippen LogP contribution >= 0.6 is 0 Å². The Hall–Kier alpha value is -2.00. The molecule has 0 aliphatic carbocycles. The summed E-state index contributed by atoms with van der Waals surface area (Å²) in [6, 6.07) is 18.1. The third-order valence-electron chi connectivity index (χ3n) is 3.69. The second kappa shape index (κ2) is 7.70. The molecule has 0 aliphatic heterocycles. The van der Waals surface area contributed by atoms with E-state index in [1.165, 1.54) is 5.56 Å². The maximum atomic E-state index is 9.64. The summed E-state index contributed by atoms with van der Waals surface area (Å²) in [6.45, 7) is 2.27. The summed E-state index contributed by atoms with van der Waals surface area (Å²) in [6.07, 6.45) is 0.860. The number of nitrogens with one attached hydrogen (secondary N) is 1. The Labute approximate surface area is 126 Å².